The van der Waals surface area contributed by atoms with Gasteiger partial charge in [-0.05, 0) is 104 Å². The Morgan fingerprint density at radius 2 is 1.66 bits per heavy atom. The van der Waals surface area contributed by atoms with Crippen LogP contribution in [0.5, 0.6) is 0 Å². The summed E-state index contributed by atoms with van der Waals surface area (Å²) in [6, 6.07) is 13.9. The fraction of sp³-hybridized carbons (Fsp3) is 0.812. The lowest BCUT2D eigenvalue weighted by Crippen LogP contribution is -2.48. The van der Waals surface area contributed by atoms with Crippen molar-refractivity contribution in [3.05, 3.63) is 30.3 Å². The molecule has 6 atom stereocenters. The third kappa shape index (κ3) is 6.55. The number of fused-ring (bicyclic) bond motifs is 1. The zero-order chi connectivity index (χ0) is 28.4. The molecule has 2 aliphatic rings. The van der Waals surface area contributed by atoms with E-state index in [-0.39, 0.29) is 5.04 Å². The Hall–Kier alpha value is -0.436. The predicted molar refractivity (Wildman–Crippen MR) is 171 cm³/mol. The van der Waals surface area contributed by atoms with Crippen LogP contribution in [0.2, 0.25) is 36.3 Å². The van der Waals surface area contributed by atoms with Crippen LogP contribution in [0.3, 0.4) is 0 Å². The third-order valence-electron chi connectivity index (χ3n) is 11.3. The second kappa shape index (κ2) is 12.2. The van der Waals surface area contributed by atoms with Gasteiger partial charge in [0.2, 0.25) is 0 Å². The van der Waals surface area contributed by atoms with Crippen LogP contribution in [0, 0.1) is 23.2 Å². The SMILES string of the molecule is CC[Si](CC)(CC)O[C@H]1CCC[C@]2(C)[C@@H]([C@H](C)CC[S@](=O)(=N[Si](C)(C)C(C)(C)C)c3ccccc3)CC[C@@H]12. The lowest BCUT2D eigenvalue weighted by atomic mass is 9.61. The lowest BCUT2D eigenvalue weighted by Gasteiger charge is -2.49. The molecule has 0 aliphatic heterocycles. The maximum Gasteiger partial charge on any atom is 0.193 e. The van der Waals surface area contributed by atoms with E-state index in [1.165, 1.54) is 50.2 Å². The van der Waals surface area contributed by atoms with Crippen LogP contribution >= 0.6 is 0 Å². The molecule has 38 heavy (non-hydrogen) atoms. The molecular weight excluding hydrogens is 519 g/mol. The average Bonchev–Trinajstić information content (AvgIpc) is 3.23. The molecule has 2 saturated carbocycles. The molecule has 0 unspecified atom stereocenters. The van der Waals surface area contributed by atoms with E-state index < -0.39 is 26.3 Å². The van der Waals surface area contributed by atoms with Gasteiger partial charge in [-0.1, -0.05) is 80.0 Å². The van der Waals surface area contributed by atoms with Gasteiger partial charge in [-0.2, -0.15) is 0 Å². The molecule has 218 valence electrons. The van der Waals surface area contributed by atoms with Crippen molar-refractivity contribution in [3.8, 4) is 0 Å². The highest BCUT2D eigenvalue weighted by Gasteiger charge is 2.54. The molecule has 2 fully saturated rings. The van der Waals surface area contributed by atoms with Gasteiger partial charge in [0.1, 0.15) is 0 Å². The van der Waals surface area contributed by atoms with Crippen molar-refractivity contribution in [2.75, 3.05) is 5.75 Å². The average molecular weight is 578 g/mol. The molecule has 0 amide bonds. The molecule has 3 nitrogen and oxygen atoms in total. The van der Waals surface area contributed by atoms with E-state index in [0.717, 1.165) is 11.3 Å². The molecule has 0 aromatic heterocycles. The van der Waals surface area contributed by atoms with Crippen LogP contribution < -0.4 is 0 Å². The Morgan fingerprint density at radius 1 is 1.05 bits per heavy atom. The monoisotopic (exact) mass is 577 g/mol. The second-order valence-corrected chi connectivity index (χ2v) is 26.6. The number of nitrogens with zero attached hydrogens (tertiary/aromatic N) is 1. The molecule has 0 N–H and O–H groups in total. The fourth-order valence-corrected chi connectivity index (χ4v) is 16.7. The summed E-state index contributed by atoms with van der Waals surface area (Å²) in [4.78, 5) is 0.929. The van der Waals surface area contributed by atoms with E-state index in [0.29, 0.717) is 35.0 Å². The van der Waals surface area contributed by atoms with E-state index in [4.69, 9.17) is 8.45 Å². The number of hydrogen-bond acceptors (Lipinski definition) is 3. The van der Waals surface area contributed by atoms with Crippen molar-refractivity contribution in [1.82, 2.24) is 0 Å². The van der Waals surface area contributed by atoms with Crippen molar-refractivity contribution >= 4 is 26.3 Å². The highest BCUT2D eigenvalue weighted by molar-refractivity contribution is 7.94. The van der Waals surface area contributed by atoms with Gasteiger partial charge >= 0.3 is 0 Å². The molecule has 0 saturated heterocycles. The topological polar surface area (TPSA) is 38.7 Å². The Balaban J connectivity index is 1.83. The fourth-order valence-electron chi connectivity index (χ4n) is 7.46. The number of hydrogen-bond donors (Lipinski definition) is 0. The molecule has 3 rings (SSSR count). The number of rotatable bonds is 11. The summed E-state index contributed by atoms with van der Waals surface area (Å²) in [6.07, 6.45) is 7.93. The maximum atomic E-state index is 14.7. The Labute approximate surface area is 238 Å². The first-order chi connectivity index (χ1) is 17.7. The highest BCUT2D eigenvalue weighted by atomic mass is 32.2. The van der Waals surface area contributed by atoms with E-state index >= 15 is 0 Å². The van der Waals surface area contributed by atoms with Crippen LogP contribution in [0.4, 0.5) is 0 Å². The van der Waals surface area contributed by atoms with Gasteiger partial charge in [0.05, 0.1) is 9.73 Å². The zero-order valence-corrected chi connectivity index (χ0v) is 29.3. The standard InChI is InChI=1S/C32H59NO2SSi2/c1-11-38(12-2,13-3)35-30-20-17-24-32(8)28(21-22-29(30)32)26(4)23-25-36(34,27-18-15-14-16-19-27)33-37(9,10)31(5,6)7/h14-16,18-19,26,28-30H,11-13,17,20-25H2,1-10H3/t26-,28-,29+,30+,32-,36-/m1/s1. The van der Waals surface area contributed by atoms with Crippen LogP contribution in [0.15, 0.2) is 39.3 Å². The van der Waals surface area contributed by atoms with Crippen LogP contribution in [-0.4, -0.2) is 32.6 Å². The second-order valence-electron chi connectivity index (χ2n) is 14.4. The first-order valence-electron chi connectivity index (χ1n) is 15.7. The van der Waals surface area contributed by atoms with Gasteiger partial charge in [-0.15, -0.1) is 0 Å². The van der Waals surface area contributed by atoms with Gasteiger partial charge < -0.3 is 4.43 Å². The summed E-state index contributed by atoms with van der Waals surface area (Å²) in [5.41, 5.74) is 0.349. The zero-order valence-electron chi connectivity index (χ0n) is 26.4. The first-order valence-corrected chi connectivity index (χ1v) is 22.8. The van der Waals surface area contributed by atoms with Crippen LogP contribution in [0.25, 0.3) is 0 Å². The maximum absolute atomic E-state index is 14.7. The molecule has 0 heterocycles. The van der Waals surface area contributed by atoms with Gasteiger partial charge in [0, 0.05) is 16.8 Å². The summed E-state index contributed by atoms with van der Waals surface area (Å²) in [7, 11) is -6.14. The van der Waals surface area contributed by atoms with Crippen LogP contribution in [-0.2, 0) is 14.2 Å². The summed E-state index contributed by atoms with van der Waals surface area (Å²) >= 11 is 0. The van der Waals surface area contributed by atoms with Gasteiger partial charge in [0.25, 0.3) is 0 Å². The van der Waals surface area contributed by atoms with Crippen molar-refractivity contribution < 1.29 is 8.63 Å². The molecule has 2 aliphatic carbocycles. The summed E-state index contributed by atoms with van der Waals surface area (Å²) in [5, 5.41) is 0.0767. The third-order valence-corrected chi connectivity index (χ3v) is 24.5. The van der Waals surface area contributed by atoms with Gasteiger partial charge in [-0.3, -0.25) is 4.03 Å². The lowest BCUT2D eigenvalue weighted by molar-refractivity contribution is -0.0196. The van der Waals surface area contributed by atoms with E-state index in [2.05, 4.69) is 68.5 Å². The van der Waals surface area contributed by atoms with Gasteiger partial charge in [0.15, 0.2) is 16.6 Å². The normalized spacial score (nSPS) is 28.9. The number of benzene rings is 1. The Kier molecular flexibility index (Phi) is 10.3. The minimum absolute atomic E-state index is 0.0767. The summed E-state index contributed by atoms with van der Waals surface area (Å²) in [5.74, 6) is 2.61. The molecule has 0 radical (unpaired) electrons. The quantitative estimate of drug-likeness (QED) is 0.245. The van der Waals surface area contributed by atoms with Crippen molar-refractivity contribution in [3.63, 3.8) is 0 Å². The molecule has 0 spiro atoms. The Morgan fingerprint density at radius 3 is 2.21 bits per heavy atom. The molecule has 1 aromatic carbocycles. The predicted octanol–water partition coefficient (Wildman–Crippen LogP) is 10.2. The molecule has 0 bridgehead atoms. The summed E-state index contributed by atoms with van der Waals surface area (Å²) < 4.78 is 27.2. The largest absolute Gasteiger partial charge is 0.414 e. The molecular formula is C32H59NO2SSi2. The van der Waals surface area contributed by atoms with Crippen molar-refractivity contribution in [2.24, 2.45) is 27.2 Å². The van der Waals surface area contributed by atoms with Gasteiger partial charge in [-0.25, -0.2) is 4.21 Å². The first kappa shape index (κ1) is 32.1. The smallest absolute Gasteiger partial charge is 0.193 e. The van der Waals surface area contributed by atoms with Crippen LogP contribution in [0.1, 0.15) is 93.9 Å². The highest BCUT2D eigenvalue weighted by Crippen LogP contribution is 2.59. The Bertz CT molecular complexity index is 1020. The molecule has 6 heteroatoms. The minimum atomic E-state index is -2.46. The van der Waals surface area contributed by atoms with E-state index in [9.17, 15) is 4.21 Å². The van der Waals surface area contributed by atoms with Crippen molar-refractivity contribution in [2.45, 2.75) is 141 Å². The summed E-state index contributed by atoms with van der Waals surface area (Å²) in [6.45, 7) is 23.5. The minimum Gasteiger partial charge on any atom is -0.414 e. The van der Waals surface area contributed by atoms with E-state index in [1.807, 2.05) is 30.3 Å². The van der Waals surface area contributed by atoms with E-state index in [1.54, 1.807) is 0 Å². The molecule has 1 aromatic rings. The van der Waals surface area contributed by atoms with Crippen molar-refractivity contribution in [1.29, 1.82) is 0 Å².